The third-order valence-corrected chi connectivity index (χ3v) is 2.81. The Kier molecular flexibility index (Phi) is 4.36. The van der Waals surface area contributed by atoms with E-state index in [4.69, 9.17) is 10.5 Å². The fourth-order valence-corrected chi connectivity index (χ4v) is 1.94. The van der Waals surface area contributed by atoms with Gasteiger partial charge in [-0.3, -0.25) is 4.68 Å². The molecule has 114 valence electrons. The van der Waals surface area contributed by atoms with Gasteiger partial charge in [0.05, 0.1) is 23.6 Å². The summed E-state index contributed by atoms with van der Waals surface area (Å²) in [5.74, 6) is 0. The molecule has 1 aromatic rings. The number of aryl methyl sites for hydroxylation is 1. The summed E-state index contributed by atoms with van der Waals surface area (Å²) in [6.45, 7) is 11.6. The van der Waals surface area contributed by atoms with Crippen LogP contribution in [0.2, 0.25) is 0 Å². The maximum Gasteiger partial charge on any atom is 0.408 e. The molecule has 1 unspecified atom stereocenters. The van der Waals surface area contributed by atoms with Gasteiger partial charge in [-0.15, -0.1) is 0 Å². The normalized spacial score (nSPS) is 13.9. The first kappa shape index (κ1) is 16.3. The van der Waals surface area contributed by atoms with Crippen LogP contribution >= 0.6 is 0 Å². The van der Waals surface area contributed by atoms with Crippen LogP contribution in [0.25, 0.3) is 0 Å². The number of anilines is 1. The molecule has 6 nitrogen and oxygen atoms in total. The van der Waals surface area contributed by atoms with Gasteiger partial charge in [0.1, 0.15) is 5.60 Å². The number of nitrogens with zero attached hydrogens (tertiary/aromatic N) is 2. The lowest BCUT2D eigenvalue weighted by atomic mass is 9.84. The zero-order valence-corrected chi connectivity index (χ0v) is 13.4. The molecule has 1 atom stereocenters. The number of nitrogens with one attached hydrogen (secondary N) is 1. The molecule has 0 aliphatic heterocycles. The van der Waals surface area contributed by atoms with E-state index >= 15 is 0 Å². The number of hydrogen-bond acceptors (Lipinski definition) is 4. The minimum atomic E-state index is -0.537. The van der Waals surface area contributed by atoms with Crippen LogP contribution in [0.1, 0.15) is 53.3 Å². The molecule has 3 N–H and O–H groups in total. The number of carbonyl (C=O) groups is 1. The van der Waals surface area contributed by atoms with Crippen LogP contribution in [-0.2, 0) is 11.8 Å². The van der Waals surface area contributed by atoms with Gasteiger partial charge in [0.25, 0.3) is 0 Å². The average molecular weight is 282 g/mol. The van der Waals surface area contributed by atoms with E-state index in [1.165, 1.54) is 0 Å². The third-order valence-electron chi connectivity index (χ3n) is 2.81. The highest BCUT2D eigenvalue weighted by molar-refractivity contribution is 5.69. The Morgan fingerprint density at radius 3 is 2.25 bits per heavy atom. The fraction of sp³-hybridized carbons (Fsp3) is 0.714. The molecule has 0 saturated carbocycles. The van der Waals surface area contributed by atoms with Gasteiger partial charge in [-0.05, 0) is 26.2 Å². The Morgan fingerprint density at radius 2 is 1.90 bits per heavy atom. The Bertz CT molecular complexity index is 461. The van der Waals surface area contributed by atoms with E-state index in [0.717, 1.165) is 5.69 Å². The van der Waals surface area contributed by atoms with Crippen LogP contribution < -0.4 is 11.1 Å². The van der Waals surface area contributed by atoms with E-state index in [-0.39, 0.29) is 11.5 Å². The van der Waals surface area contributed by atoms with Crippen molar-refractivity contribution in [2.24, 2.45) is 12.5 Å². The van der Waals surface area contributed by atoms with Gasteiger partial charge in [-0.1, -0.05) is 20.8 Å². The predicted molar refractivity (Wildman–Crippen MR) is 79.2 cm³/mol. The standard InChI is InChI=1S/C14H26N4O2/c1-13(2,3)11(10-9(15)8-16-18(10)7)17-12(19)20-14(4,5)6/h8,11H,15H2,1-7H3,(H,17,19). The van der Waals surface area contributed by atoms with Crippen molar-refractivity contribution < 1.29 is 9.53 Å². The number of amides is 1. The number of ether oxygens (including phenoxy) is 1. The average Bonchev–Trinajstić information content (AvgIpc) is 2.51. The summed E-state index contributed by atoms with van der Waals surface area (Å²) in [4.78, 5) is 12.0. The molecule has 0 saturated heterocycles. The summed E-state index contributed by atoms with van der Waals surface area (Å²) in [5.41, 5.74) is 6.55. The lowest BCUT2D eigenvalue weighted by Gasteiger charge is -2.32. The van der Waals surface area contributed by atoms with Gasteiger partial charge < -0.3 is 15.8 Å². The Morgan fingerprint density at radius 1 is 1.35 bits per heavy atom. The van der Waals surface area contributed by atoms with E-state index in [1.807, 2.05) is 41.5 Å². The number of aromatic nitrogens is 2. The zero-order chi connectivity index (χ0) is 15.7. The van der Waals surface area contributed by atoms with Crippen molar-refractivity contribution >= 4 is 11.8 Å². The van der Waals surface area contributed by atoms with Gasteiger partial charge in [-0.25, -0.2) is 4.79 Å². The SMILES string of the molecule is Cn1ncc(N)c1C(NC(=O)OC(C)(C)C)C(C)(C)C. The quantitative estimate of drug-likeness (QED) is 0.873. The molecule has 0 aliphatic carbocycles. The van der Waals surface area contributed by atoms with Crippen LogP contribution in [-0.4, -0.2) is 21.5 Å². The molecule has 0 fully saturated rings. The van der Waals surface area contributed by atoms with E-state index in [9.17, 15) is 4.79 Å². The van der Waals surface area contributed by atoms with Crippen molar-refractivity contribution in [3.05, 3.63) is 11.9 Å². The van der Waals surface area contributed by atoms with Crippen LogP contribution in [0.4, 0.5) is 10.5 Å². The Labute approximate surface area is 120 Å². The summed E-state index contributed by atoms with van der Waals surface area (Å²) in [7, 11) is 1.81. The summed E-state index contributed by atoms with van der Waals surface area (Å²) >= 11 is 0. The Hall–Kier alpha value is -1.72. The first-order chi connectivity index (χ1) is 8.92. The number of hydrogen-bond donors (Lipinski definition) is 2. The summed E-state index contributed by atoms with van der Waals surface area (Å²) < 4.78 is 7.00. The van der Waals surface area contributed by atoms with Gasteiger partial charge in [0, 0.05) is 7.05 Å². The minimum Gasteiger partial charge on any atom is -0.444 e. The van der Waals surface area contributed by atoms with Gasteiger partial charge in [0.15, 0.2) is 0 Å². The first-order valence-corrected chi connectivity index (χ1v) is 6.68. The summed E-state index contributed by atoms with van der Waals surface area (Å²) in [5, 5.41) is 7.03. The summed E-state index contributed by atoms with van der Waals surface area (Å²) in [6.07, 6.45) is 1.13. The van der Waals surface area contributed by atoms with Crippen LogP contribution in [0.5, 0.6) is 0 Å². The van der Waals surface area contributed by atoms with E-state index in [0.29, 0.717) is 5.69 Å². The van der Waals surface area contributed by atoms with Crippen molar-refractivity contribution in [1.29, 1.82) is 0 Å². The number of rotatable bonds is 2. The number of alkyl carbamates (subject to hydrolysis) is 1. The van der Waals surface area contributed by atoms with Crippen molar-refractivity contribution in [3.63, 3.8) is 0 Å². The first-order valence-electron chi connectivity index (χ1n) is 6.68. The molecule has 0 bridgehead atoms. The minimum absolute atomic E-state index is 0.223. The molecule has 1 aromatic heterocycles. The number of carbonyl (C=O) groups excluding carboxylic acids is 1. The molecular weight excluding hydrogens is 256 g/mol. The topological polar surface area (TPSA) is 82.2 Å². The van der Waals surface area contributed by atoms with Crippen LogP contribution in [0.15, 0.2) is 6.20 Å². The van der Waals surface area contributed by atoms with Crippen molar-refractivity contribution in [3.8, 4) is 0 Å². The van der Waals surface area contributed by atoms with E-state index < -0.39 is 11.7 Å². The Balaban J connectivity index is 3.02. The lowest BCUT2D eigenvalue weighted by Crippen LogP contribution is -2.41. The molecule has 1 heterocycles. The second-order valence-corrected chi connectivity index (χ2v) is 7.05. The highest BCUT2D eigenvalue weighted by Crippen LogP contribution is 2.35. The lowest BCUT2D eigenvalue weighted by molar-refractivity contribution is 0.0459. The van der Waals surface area contributed by atoms with Crippen molar-refractivity contribution in [2.45, 2.75) is 53.2 Å². The molecule has 20 heavy (non-hydrogen) atoms. The molecule has 0 aliphatic rings. The molecule has 0 spiro atoms. The predicted octanol–water partition coefficient (Wildman–Crippen LogP) is 2.61. The maximum absolute atomic E-state index is 12.0. The van der Waals surface area contributed by atoms with Crippen molar-refractivity contribution in [2.75, 3.05) is 5.73 Å². The summed E-state index contributed by atoms with van der Waals surface area (Å²) in [6, 6.07) is -0.287. The largest absolute Gasteiger partial charge is 0.444 e. The zero-order valence-electron chi connectivity index (χ0n) is 13.4. The van der Waals surface area contributed by atoms with E-state index in [2.05, 4.69) is 10.4 Å². The number of nitrogens with two attached hydrogens (primary N) is 1. The second-order valence-electron chi connectivity index (χ2n) is 7.05. The fourth-order valence-electron chi connectivity index (χ4n) is 1.94. The molecule has 0 aromatic carbocycles. The molecule has 0 radical (unpaired) electrons. The van der Waals surface area contributed by atoms with Gasteiger partial charge in [-0.2, -0.15) is 5.10 Å². The molecular formula is C14H26N4O2. The monoisotopic (exact) mass is 282 g/mol. The second kappa shape index (κ2) is 5.34. The highest BCUT2D eigenvalue weighted by atomic mass is 16.6. The van der Waals surface area contributed by atoms with Crippen molar-refractivity contribution in [1.82, 2.24) is 15.1 Å². The van der Waals surface area contributed by atoms with Crippen LogP contribution in [0.3, 0.4) is 0 Å². The van der Waals surface area contributed by atoms with Gasteiger partial charge >= 0.3 is 6.09 Å². The third kappa shape index (κ3) is 4.15. The molecule has 1 amide bonds. The smallest absolute Gasteiger partial charge is 0.408 e. The van der Waals surface area contributed by atoms with E-state index in [1.54, 1.807) is 17.9 Å². The number of nitrogen functional groups attached to an aromatic ring is 1. The van der Waals surface area contributed by atoms with Crippen LogP contribution in [0, 0.1) is 5.41 Å². The van der Waals surface area contributed by atoms with Gasteiger partial charge in [0.2, 0.25) is 0 Å². The maximum atomic E-state index is 12.0. The highest BCUT2D eigenvalue weighted by Gasteiger charge is 2.33. The molecule has 1 rings (SSSR count). The molecule has 6 heteroatoms.